The molecule has 1 fully saturated rings. The van der Waals surface area contributed by atoms with Gasteiger partial charge in [0, 0.05) is 6.54 Å². The summed E-state index contributed by atoms with van der Waals surface area (Å²) in [5.74, 6) is -0.935. The van der Waals surface area contributed by atoms with Crippen molar-refractivity contribution in [2.24, 2.45) is 0 Å². The Morgan fingerprint density at radius 1 is 0.804 bits per heavy atom. The third-order valence-corrected chi connectivity index (χ3v) is 8.47. The summed E-state index contributed by atoms with van der Waals surface area (Å²) in [7, 11) is 0. The molecule has 9 atom stereocenters. The Bertz CT molecular complexity index is 742. The highest BCUT2D eigenvalue weighted by Gasteiger charge is 2.47. The summed E-state index contributed by atoms with van der Waals surface area (Å²) in [4.78, 5) is 12.6. The van der Waals surface area contributed by atoms with Crippen molar-refractivity contribution in [3.8, 4) is 0 Å². The normalized spacial score (nSPS) is 24.4. The van der Waals surface area contributed by atoms with E-state index in [0.29, 0.717) is 6.42 Å². The molecule has 9 N–H and O–H groups in total. The fourth-order valence-corrected chi connectivity index (χ4v) is 5.54. The first-order valence-corrected chi connectivity index (χ1v) is 17.4. The SMILES string of the molecule is CCCCCCCCCCCCCCCCCCNC(=O)[C@H](O)[C@@H](O)[C@H](O[C@H]1OC(CO)[C@@H](O)[C@H](O)C1O)[C@H](O)COSOOO. The first kappa shape index (κ1) is 43.3. The Hall–Kier alpha value is -0.700. The number of unbranched alkanes of at least 4 members (excludes halogenated alkanes) is 15. The predicted octanol–water partition coefficient (Wildman–Crippen LogP) is 1.63. The average molecular weight is 690 g/mol. The molecule has 1 heterocycles. The molecule has 0 aromatic rings. The number of ether oxygens (including phenoxy) is 2. The van der Waals surface area contributed by atoms with Crippen molar-refractivity contribution < 1.29 is 68.8 Å². The highest BCUT2D eigenvalue weighted by atomic mass is 32.2. The number of hydrogen-bond donors (Lipinski definition) is 9. The van der Waals surface area contributed by atoms with Gasteiger partial charge in [-0.05, 0) is 6.42 Å². The maximum Gasteiger partial charge on any atom is 0.251 e. The van der Waals surface area contributed by atoms with Gasteiger partial charge in [-0.3, -0.25) is 8.98 Å². The van der Waals surface area contributed by atoms with Crippen LogP contribution in [-0.4, -0.2) is 122 Å². The van der Waals surface area contributed by atoms with E-state index in [2.05, 4.69) is 21.6 Å². The monoisotopic (exact) mass is 689 g/mol. The summed E-state index contributed by atoms with van der Waals surface area (Å²) in [5.41, 5.74) is 0. The molecule has 0 bridgehead atoms. The van der Waals surface area contributed by atoms with Gasteiger partial charge in [-0.1, -0.05) is 108 Å². The molecule has 274 valence electrons. The van der Waals surface area contributed by atoms with E-state index in [4.69, 9.17) is 18.9 Å². The molecule has 1 saturated heterocycles. The van der Waals surface area contributed by atoms with Gasteiger partial charge in [0.05, 0.1) is 13.2 Å². The maximum atomic E-state index is 12.6. The van der Waals surface area contributed by atoms with Crippen LogP contribution in [0.3, 0.4) is 0 Å². The summed E-state index contributed by atoms with van der Waals surface area (Å²) in [6.07, 6.45) is 2.98. The summed E-state index contributed by atoms with van der Waals surface area (Å²) in [5, 5.41) is 85.7. The summed E-state index contributed by atoms with van der Waals surface area (Å²) in [6.45, 7) is 1.06. The third-order valence-electron chi connectivity index (χ3n) is 8.12. The van der Waals surface area contributed by atoms with E-state index >= 15 is 0 Å². The van der Waals surface area contributed by atoms with Crippen molar-refractivity contribution in [3.05, 3.63) is 0 Å². The van der Waals surface area contributed by atoms with Gasteiger partial charge in [0.15, 0.2) is 24.7 Å². The zero-order chi connectivity index (χ0) is 34.2. The molecule has 1 aliphatic rings. The molecular weight excluding hydrogens is 630 g/mol. The topological polar surface area (TPSA) is 237 Å². The van der Waals surface area contributed by atoms with Gasteiger partial charge < -0.3 is 50.5 Å². The zero-order valence-electron chi connectivity index (χ0n) is 27.1. The summed E-state index contributed by atoms with van der Waals surface area (Å²) < 4.78 is 19.5. The van der Waals surface area contributed by atoms with E-state index in [1.807, 2.05) is 0 Å². The van der Waals surface area contributed by atoms with Gasteiger partial charge in [-0.2, -0.15) is 0 Å². The van der Waals surface area contributed by atoms with Crippen LogP contribution in [0, 0.1) is 0 Å². The molecular formula is C30H59NO14S. The van der Waals surface area contributed by atoms with Gasteiger partial charge in [0.25, 0.3) is 5.91 Å². The quantitative estimate of drug-likeness (QED) is 0.0235. The first-order chi connectivity index (χ1) is 22.2. The zero-order valence-corrected chi connectivity index (χ0v) is 27.9. The van der Waals surface area contributed by atoms with E-state index in [1.54, 1.807) is 0 Å². The smallest absolute Gasteiger partial charge is 0.251 e. The van der Waals surface area contributed by atoms with Crippen LogP contribution in [0.15, 0.2) is 0 Å². The Labute approximate surface area is 276 Å². The molecule has 1 amide bonds. The minimum Gasteiger partial charge on any atom is -0.394 e. The molecule has 0 aromatic heterocycles. The number of hydrogen-bond acceptors (Lipinski definition) is 15. The number of aliphatic hydroxyl groups is 7. The van der Waals surface area contributed by atoms with Crippen LogP contribution in [0.2, 0.25) is 0 Å². The van der Waals surface area contributed by atoms with E-state index < -0.39 is 74.2 Å². The fourth-order valence-electron chi connectivity index (χ4n) is 5.28. The fraction of sp³-hybridized carbons (Fsp3) is 0.967. The van der Waals surface area contributed by atoms with Crippen molar-refractivity contribution in [2.45, 2.75) is 165 Å². The highest BCUT2D eigenvalue weighted by Crippen LogP contribution is 2.25. The Morgan fingerprint density at radius 2 is 1.33 bits per heavy atom. The second-order valence-electron chi connectivity index (χ2n) is 11.9. The number of carbonyl (C=O) groups excluding carboxylic acids is 1. The van der Waals surface area contributed by atoms with Crippen molar-refractivity contribution >= 4 is 18.2 Å². The van der Waals surface area contributed by atoms with Gasteiger partial charge in [-0.25, -0.2) is 5.26 Å². The molecule has 16 heteroatoms. The van der Waals surface area contributed by atoms with Crippen LogP contribution in [0.4, 0.5) is 0 Å². The van der Waals surface area contributed by atoms with E-state index in [0.717, 1.165) is 19.3 Å². The Morgan fingerprint density at radius 3 is 1.83 bits per heavy atom. The molecule has 0 aromatic carbocycles. The van der Waals surface area contributed by atoms with Crippen molar-refractivity contribution in [3.63, 3.8) is 0 Å². The second-order valence-corrected chi connectivity index (χ2v) is 12.4. The molecule has 46 heavy (non-hydrogen) atoms. The number of aliphatic hydroxyl groups excluding tert-OH is 7. The highest BCUT2D eigenvalue weighted by molar-refractivity contribution is 7.89. The van der Waals surface area contributed by atoms with Crippen LogP contribution in [0.1, 0.15) is 110 Å². The standard InChI is InChI=1S/C30H59NO14S/c1-2-3-4-5-6-7-8-9-10-11-12-13-14-15-16-17-18-31-29(39)26(37)25(36)28(21(33)20-41-46-45-44-40)43-30-27(38)24(35)23(34)22(19-32)42-30/h21-28,30,32-38,40H,2-20H2,1H3,(H,31,39)/t21-,22?,23-,24+,25-,26-,27?,28-,30-/m1/s1. The van der Waals surface area contributed by atoms with Crippen molar-refractivity contribution in [2.75, 3.05) is 19.8 Å². The number of carbonyl (C=O) groups is 1. The molecule has 1 aliphatic heterocycles. The first-order valence-electron chi connectivity index (χ1n) is 16.7. The summed E-state index contributed by atoms with van der Waals surface area (Å²) >= 11 is 0.107. The molecule has 0 saturated carbocycles. The van der Waals surface area contributed by atoms with E-state index in [9.17, 15) is 40.5 Å². The lowest BCUT2D eigenvalue weighted by Crippen LogP contribution is -2.62. The van der Waals surface area contributed by atoms with Crippen LogP contribution >= 0.6 is 12.3 Å². The minimum absolute atomic E-state index is 0.107. The summed E-state index contributed by atoms with van der Waals surface area (Å²) in [6, 6.07) is 0. The van der Waals surface area contributed by atoms with Gasteiger partial charge in [0.1, 0.15) is 42.7 Å². The lowest BCUT2D eigenvalue weighted by molar-refractivity contribution is -0.434. The molecule has 15 nitrogen and oxygen atoms in total. The molecule has 0 radical (unpaired) electrons. The van der Waals surface area contributed by atoms with Crippen LogP contribution in [0.5, 0.6) is 0 Å². The maximum absolute atomic E-state index is 12.6. The number of rotatable bonds is 29. The number of amides is 1. The average Bonchev–Trinajstić information content (AvgIpc) is 3.05. The minimum atomic E-state index is -2.09. The third kappa shape index (κ3) is 17.6. The van der Waals surface area contributed by atoms with Crippen molar-refractivity contribution in [1.29, 1.82) is 0 Å². The van der Waals surface area contributed by atoms with E-state index in [-0.39, 0.29) is 18.9 Å². The molecule has 2 unspecified atom stereocenters. The van der Waals surface area contributed by atoms with Crippen molar-refractivity contribution in [1.82, 2.24) is 5.32 Å². The molecule has 1 rings (SSSR count). The second kappa shape index (κ2) is 27.2. The lowest BCUT2D eigenvalue weighted by Gasteiger charge is -2.42. The number of nitrogens with one attached hydrogen (secondary N) is 1. The van der Waals surface area contributed by atoms with Crippen LogP contribution in [0.25, 0.3) is 0 Å². The van der Waals surface area contributed by atoms with Crippen LogP contribution in [-0.2, 0) is 27.8 Å². The predicted molar refractivity (Wildman–Crippen MR) is 168 cm³/mol. The lowest BCUT2D eigenvalue weighted by atomic mass is 9.98. The molecule has 0 spiro atoms. The molecule has 0 aliphatic carbocycles. The van der Waals surface area contributed by atoms with E-state index in [1.165, 1.54) is 77.0 Å². The Balaban J connectivity index is 2.39. The van der Waals surface area contributed by atoms with Gasteiger partial charge in [-0.15, -0.1) is 4.33 Å². The van der Waals surface area contributed by atoms with Crippen LogP contribution < -0.4 is 5.32 Å². The largest absolute Gasteiger partial charge is 0.394 e. The van der Waals surface area contributed by atoms with Gasteiger partial charge >= 0.3 is 0 Å². The Kier molecular flexibility index (Phi) is 25.6. The van der Waals surface area contributed by atoms with Gasteiger partial charge in [0.2, 0.25) is 0 Å².